The highest BCUT2D eigenvalue weighted by molar-refractivity contribution is 5.96. The van der Waals surface area contributed by atoms with E-state index >= 15 is 0 Å². The van der Waals surface area contributed by atoms with Gasteiger partial charge in [0, 0.05) is 6.08 Å². The van der Waals surface area contributed by atoms with E-state index in [0.29, 0.717) is 0 Å². The summed E-state index contributed by atoms with van der Waals surface area (Å²) < 4.78 is 18.4. The summed E-state index contributed by atoms with van der Waals surface area (Å²) in [5.74, 6) is -1.80. The predicted octanol–water partition coefficient (Wildman–Crippen LogP) is 3.41. The van der Waals surface area contributed by atoms with E-state index in [2.05, 4.69) is 5.32 Å². The lowest BCUT2D eigenvalue weighted by Crippen LogP contribution is -2.29. The van der Waals surface area contributed by atoms with Crippen LogP contribution in [-0.4, -0.2) is 18.0 Å². The number of carbonyl (C=O) groups is 2. The molecule has 2 rings (SSSR count). The van der Waals surface area contributed by atoms with Gasteiger partial charge < -0.3 is 10.1 Å². The third kappa shape index (κ3) is 5.07. The minimum Gasteiger partial charge on any atom is -0.449 e. The Hall–Kier alpha value is -2.95. The first-order chi connectivity index (χ1) is 11.1. The van der Waals surface area contributed by atoms with Gasteiger partial charge in [0.25, 0.3) is 5.91 Å². The fourth-order valence-electron chi connectivity index (χ4n) is 1.79. The molecule has 1 N–H and O–H groups in total. The molecule has 2 aromatic carbocycles. The van der Waals surface area contributed by atoms with Gasteiger partial charge in [0.15, 0.2) is 6.10 Å². The summed E-state index contributed by atoms with van der Waals surface area (Å²) in [6, 6.07) is 15.0. The third-order valence-electron chi connectivity index (χ3n) is 3.01. The second-order valence-electron chi connectivity index (χ2n) is 4.79. The van der Waals surface area contributed by atoms with Gasteiger partial charge in [-0.3, -0.25) is 4.79 Å². The average Bonchev–Trinajstić information content (AvgIpc) is 2.56. The van der Waals surface area contributed by atoms with Crippen LogP contribution in [0, 0.1) is 5.82 Å². The van der Waals surface area contributed by atoms with Gasteiger partial charge in [-0.15, -0.1) is 0 Å². The van der Waals surface area contributed by atoms with Crippen LogP contribution in [-0.2, 0) is 14.3 Å². The highest BCUT2D eigenvalue weighted by Gasteiger charge is 2.17. The van der Waals surface area contributed by atoms with Crippen molar-refractivity contribution in [3.05, 3.63) is 72.1 Å². The molecule has 0 bridgehead atoms. The Balaban J connectivity index is 1.89. The van der Waals surface area contributed by atoms with E-state index in [1.807, 2.05) is 30.3 Å². The Morgan fingerprint density at radius 1 is 1.09 bits per heavy atom. The second kappa shape index (κ2) is 7.89. The van der Waals surface area contributed by atoms with Gasteiger partial charge in [0.1, 0.15) is 5.82 Å². The Kier molecular flexibility index (Phi) is 5.63. The molecule has 0 spiro atoms. The summed E-state index contributed by atoms with van der Waals surface area (Å²) in [6.45, 7) is 1.42. The number of anilines is 1. The molecule has 2 aromatic rings. The summed E-state index contributed by atoms with van der Waals surface area (Å²) in [5, 5.41) is 2.37. The summed E-state index contributed by atoms with van der Waals surface area (Å²) in [7, 11) is 0. The molecule has 0 aliphatic heterocycles. The first kappa shape index (κ1) is 16.4. The molecular weight excluding hydrogens is 297 g/mol. The molecule has 0 aliphatic rings. The lowest BCUT2D eigenvalue weighted by atomic mass is 10.2. The lowest BCUT2D eigenvalue weighted by Gasteiger charge is -2.12. The zero-order valence-electron chi connectivity index (χ0n) is 12.5. The number of para-hydroxylation sites is 1. The highest BCUT2D eigenvalue weighted by Crippen LogP contribution is 2.13. The maximum absolute atomic E-state index is 13.5. The van der Waals surface area contributed by atoms with Gasteiger partial charge in [0.2, 0.25) is 0 Å². The Bertz CT molecular complexity index is 713. The summed E-state index contributed by atoms with van der Waals surface area (Å²) in [5.41, 5.74) is 0.883. The molecule has 5 heteroatoms. The molecule has 0 radical (unpaired) electrons. The van der Waals surface area contributed by atoms with E-state index in [4.69, 9.17) is 4.74 Å². The number of nitrogens with one attached hydrogen (secondary N) is 1. The monoisotopic (exact) mass is 313 g/mol. The molecule has 0 fully saturated rings. The van der Waals surface area contributed by atoms with Crippen LogP contribution in [0.1, 0.15) is 12.5 Å². The number of hydrogen-bond acceptors (Lipinski definition) is 3. The van der Waals surface area contributed by atoms with Crippen molar-refractivity contribution in [1.82, 2.24) is 0 Å². The van der Waals surface area contributed by atoms with Gasteiger partial charge in [-0.05, 0) is 30.7 Å². The van der Waals surface area contributed by atoms with E-state index in [-0.39, 0.29) is 5.69 Å². The number of benzene rings is 2. The summed E-state index contributed by atoms with van der Waals surface area (Å²) >= 11 is 0. The molecule has 118 valence electrons. The Morgan fingerprint density at radius 3 is 2.43 bits per heavy atom. The van der Waals surface area contributed by atoms with Crippen molar-refractivity contribution in [2.75, 3.05) is 5.32 Å². The Morgan fingerprint density at radius 2 is 1.74 bits per heavy atom. The fourth-order valence-corrected chi connectivity index (χ4v) is 1.79. The first-order valence-corrected chi connectivity index (χ1v) is 7.05. The van der Waals surface area contributed by atoms with E-state index in [9.17, 15) is 14.0 Å². The van der Waals surface area contributed by atoms with Crippen molar-refractivity contribution in [2.45, 2.75) is 13.0 Å². The normalized spacial score (nSPS) is 11.9. The van der Waals surface area contributed by atoms with Crippen LogP contribution in [0.3, 0.4) is 0 Å². The van der Waals surface area contributed by atoms with E-state index in [1.165, 1.54) is 31.2 Å². The van der Waals surface area contributed by atoms with Crippen LogP contribution >= 0.6 is 0 Å². The van der Waals surface area contributed by atoms with E-state index < -0.39 is 23.8 Å². The number of halogens is 1. The van der Waals surface area contributed by atoms with Crippen molar-refractivity contribution in [3.63, 3.8) is 0 Å². The molecule has 0 saturated carbocycles. The predicted molar refractivity (Wildman–Crippen MR) is 86.1 cm³/mol. The third-order valence-corrected chi connectivity index (χ3v) is 3.01. The molecule has 0 unspecified atom stereocenters. The fraction of sp³-hybridized carbons (Fsp3) is 0.111. The van der Waals surface area contributed by atoms with Gasteiger partial charge >= 0.3 is 5.97 Å². The number of carbonyl (C=O) groups excluding carboxylic acids is 2. The van der Waals surface area contributed by atoms with Crippen LogP contribution < -0.4 is 5.32 Å². The van der Waals surface area contributed by atoms with E-state index in [0.717, 1.165) is 5.56 Å². The van der Waals surface area contributed by atoms with Crippen LogP contribution in [0.25, 0.3) is 6.08 Å². The molecule has 0 aliphatic carbocycles. The van der Waals surface area contributed by atoms with E-state index in [1.54, 1.807) is 12.1 Å². The van der Waals surface area contributed by atoms with Crippen LogP contribution in [0.5, 0.6) is 0 Å². The largest absolute Gasteiger partial charge is 0.449 e. The molecule has 1 atom stereocenters. The van der Waals surface area contributed by atoms with Crippen molar-refractivity contribution >= 4 is 23.6 Å². The quantitative estimate of drug-likeness (QED) is 0.680. The summed E-state index contributed by atoms with van der Waals surface area (Å²) in [4.78, 5) is 23.6. The second-order valence-corrected chi connectivity index (χ2v) is 4.79. The zero-order chi connectivity index (χ0) is 16.7. The van der Waals surface area contributed by atoms with Crippen molar-refractivity contribution in [2.24, 2.45) is 0 Å². The maximum Gasteiger partial charge on any atom is 0.331 e. The zero-order valence-corrected chi connectivity index (χ0v) is 12.5. The number of ether oxygens (including phenoxy) is 1. The highest BCUT2D eigenvalue weighted by atomic mass is 19.1. The summed E-state index contributed by atoms with van der Waals surface area (Å²) in [6.07, 6.45) is 1.79. The maximum atomic E-state index is 13.5. The molecule has 0 saturated heterocycles. The smallest absolute Gasteiger partial charge is 0.331 e. The van der Waals surface area contributed by atoms with Crippen molar-refractivity contribution in [1.29, 1.82) is 0 Å². The molecule has 4 nitrogen and oxygen atoms in total. The number of rotatable bonds is 5. The number of esters is 1. The SMILES string of the molecule is C[C@@H](OC(=O)/C=C/c1ccccc1)C(=O)Nc1ccccc1F. The van der Waals surface area contributed by atoms with Gasteiger partial charge in [-0.2, -0.15) is 0 Å². The van der Waals surface area contributed by atoms with Crippen LogP contribution in [0.15, 0.2) is 60.7 Å². The van der Waals surface area contributed by atoms with Gasteiger partial charge in [-0.25, -0.2) is 9.18 Å². The molecule has 23 heavy (non-hydrogen) atoms. The molecule has 0 aromatic heterocycles. The van der Waals surface area contributed by atoms with Gasteiger partial charge in [0.05, 0.1) is 5.69 Å². The average molecular weight is 313 g/mol. The topological polar surface area (TPSA) is 55.4 Å². The Labute approximate surface area is 133 Å². The lowest BCUT2D eigenvalue weighted by molar-refractivity contribution is -0.148. The van der Waals surface area contributed by atoms with Crippen molar-refractivity contribution in [3.8, 4) is 0 Å². The minimum absolute atomic E-state index is 0.0419. The molecule has 1 amide bonds. The number of hydrogen-bond donors (Lipinski definition) is 1. The van der Waals surface area contributed by atoms with Crippen LogP contribution in [0.4, 0.5) is 10.1 Å². The minimum atomic E-state index is -1.04. The van der Waals surface area contributed by atoms with Crippen LogP contribution in [0.2, 0.25) is 0 Å². The number of amides is 1. The molecule has 0 heterocycles. The first-order valence-electron chi connectivity index (χ1n) is 7.05. The molecular formula is C18H16FNO3. The van der Waals surface area contributed by atoms with Crippen molar-refractivity contribution < 1.29 is 18.7 Å². The van der Waals surface area contributed by atoms with Gasteiger partial charge in [-0.1, -0.05) is 42.5 Å². The standard InChI is InChI=1S/C18H16FNO3/c1-13(18(22)20-16-10-6-5-9-15(16)19)23-17(21)12-11-14-7-3-2-4-8-14/h2-13H,1H3,(H,20,22)/b12-11+/t13-/m1/s1.